The first-order chi connectivity index (χ1) is 15.9. The van der Waals surface area contributed by atoms with E-state index in [0.717, 1.165) is 15.8 Å². The van der Waals surface area contributed by atoms with Gasteiger partial charge < -0.3 is 5.11 Å². The Morgan fingerprint density at radius 2 is 1.58 bits per heavy atom. The first-order valence-corrected chi connectivity index (χ1v) is 12.7. The van der Waals surface area contributed by atoms with E-state index in [-0.39, 0.29) is 15.7 Å². The predicted molar refractivity (Wildman–Crippen MR) is 134 cm³/mol. The van der Waals surface area contributed by atoms with Gasteiger partial charge in [-0.05, 0) is 30.3 Å². The van der Waals surface area contributed by atoms with Crippen LogP contribution in [0.25, 0.3) is 21.7 Å². The van der Waals surface area contributed by atoms with Gasteiger partial charge in [0.2, 0.25) is 0 Å². The number of fused-ring (bicyclic) bond motifs is 2. The first kappa shape index (κ1) is 21.6. The lowest BCUT2D eigenvalue weighted by Crippen LogP contribution is -2.13. The minimum Gasteiger partial charge on any atom is -0.506 e. The summed E-state index contributed by atoms with van der Waals surface area (Å²) in [6, 6.07) is 24.6. The molecule has 2 N–H and O–H groups in total. The number of phenols is 1. The van der Waals surface area contributed by atoms with Gasteiger partial charge in [0.05, 0.1) is 21.1 Å². The second-order valence-electron chi connectivity index (χ2n) is 7.29. The number of benzene rings is 4. The first-order valence-electron chi connectivity index (χ1n) is 9.98. The Morgan fingerprint density at radius 1 is 0.848 bits per heavy atom. The van der Waals surface area contributed by atoms with E-state index in [1.165, 1.54) is 23.9 Å². The average molecular weight is 493 g/mol. The van der Waals surface area contributed by atoms with Crippen molar-refractivity contribution in [1.82, 2.24) is 4.98 Å². The lowest BCUT2D eigenvalue weighted by atomic mass is 10.1. The van der Waals surface area contributed by atoms with Gasteiger partial charge in [0.25, 0.3) is 10.0 Å². The molecule has 0 saturated carbocycles. The van der Waals surface area contributed by atoms with Gasteiger partial charge in [-0.2, -0.15) is 0 Å². The normalized spacial score (nSPS) is 11.7. The molecule has 4 aromatic carbocycles. The highest BCUT2D eigenvalue weighted by Gasteiger charge is 2.21. The van der Waals surface area contributed by atoms with Crippen LogP contribution in [0.3, 0.4) is 0 Å². The molecule has 0 amide bonds. The van der Waals surface area contributed by atoms with E-state index in [0.29, 0.717) is 21.4 Å². The lowest BCUT2D eigenvalue weighted by molar-refractivity contribution is 0.469. The SMILES string of the molecule is O=S(=O)(Nc1cc(Sc2cccc3cccnc23)c(O)c2ccccc12)c1ccccc1Cl. The number of phenolic OH excluding ortho intramolecular Hbond substituents is 1. The monoisotopic (exact) mass is 492 g/mol. The van der Waals surface area contributed by atoms with Crippen molar-refractivity contribution < 1.29 is 13.5 Å². The maximum Gasteiger partial charge on any atom is 0.263 e. The molecule has 0 aliphatic rings. The van der Waals surface area contributed by atoms with E-state index < -0.39 is 10.0 Å². The fraction of sp³-hybridized carbons (Fsp3) is 0. The molecule has 1 aromatic heterocycles. The van der Waals surface area contributed by atoms with Crippen molar-refractivity contribution in [3.63, 3.8) is 0 Å². The highest BCUT2D eigenvalue weighted by atomic mass is 35.5. The van der Waals surface area contributed by atoms with Crippen LogP contribution in [0.5, 0.6) is 5.75 Å². The second-order valence-corrected chi connectivity index (χ2v) is 10.4. The second kappa shape index (κ2) is 8.59. The standard InChI is InChI=1S/C25H17ClN2O3S2/c26-19-11-3-4-13-23(19)33(30,31)28-20-15-22(25(29)18-10-2-1-9-17(18)20)32-21-12-5-7-16-8-6-14-27-24(16)21/h1-15,28-29H. The molecule has 0 fully saturated rings. The molecule has 33 heavy (non-hydrogen) atoms. The summed E-state index contributed by atoms with van der Waals surface area (Å²) in [5.41, 5.74) is 1.15. The maximum absolute atomic E-state index is 13.1. The third-order valence-corrected chi connectivity index (χ3v) is 8.11. The molecule has 5 nitrogen and oxygen atoms in total. The molecule has 0 radical (unpaired) electrons. The van der Waals surface area contributed by atoms with Gasteiger partial charge in [0, 0.05) is 27.3 Å². The smallest absolute Gasteiger partial charge is 0.263 e. The van der Waals surface area contributed by atoms with Gasteiger partial charge in [-0.25, -0.2) is 8.42 Å². The Labute approximate surface area is 200 Å². The van der Waals surface area contributed by atoms with Crippen LogP contribution in [0.1, 0.15) is 0 Å². The van der Waals surface area contributed by atoms with Crippen LogP contribution in [0.4, 0.5) is 5.69 Å². The topological polar surface area (TPSA) is 79.3 Å². The number of pyridine rings is 1. The Bertz CT molecular complexity index is 1620. The van der Waals surface area contributed by atoms with Crippen LogP contribution in [0, 0.1) is 0 Å². The molecule has 164 valence electrons. The average Bonchev–Trinajstić information content (AvgIpc) is 2.82. The van der Waals surface area contributed by atoms with Gasteiger partial charge in [-0.1, -0.05) is 78.0 Å². The van der Waals surface area contributed by atoms with Crippen molar-refractivity contribution in [2.75, 3.05) is 4.72 Å². The number of para-hydroxylation sites is 1. The summed E-state index contributed by atoms with van der Waals surface area (Å²) in [6.07, 6.45) is 1.72. The number of aromatic hydroxyl groups is 1. The summed E-state index contributed by atoms with van der Waals surface area (Å²) >= 11 is 7.47. The van der Waals surface area contributed by atoms with Crippen molar-refractivity contribution in [2.45, 2.75) is 14.7 Å². The summed E-state index contributed by atoms with van der Waals surface area (Å²) < 4.78 is 28.9. The number of rotatable bonds is 5. The van der Waals surface area contributed by atoms with E-state index in [9.17, 15) is 13.5 Å². The zero-order valence-corrected chi connectivity index (χ0v) is 19.5. The van der Waals surface area contributed by atoms with Gasteiger partial charge >= 0.3 is 0 Å². The number of nitrogens with zero attached hydrogens (tertiary/aromatic N) is 1. The third kappa shape index (κ3) is 4.11. The quantitative estimate of drug-likeness (QED) is 0.267. The number of sulfonamides is 1. The minimum atomic E-state index is -3.96. The fourth-order valence-corrected chi connectivity index (χ4v) is 6.26. The van der Waals surface area contributed by atoms with E-state index in [4.69, 9.17) is 11.6 Å². The number of aromatic nitrogens is 1. The highest BCUT2D eigenvalue weighted by molar-refractivity contribution is 7.99. The van der Waals surface area contributed by atoms with Crippen molar-refractivity contribution in [2.24, 2.45) is 0 Å². The van der Waals surface area contributed by atoms with Crippen molar-refractivity contribution in [3.8, 4) is 5.75 Å². The number of nitrogens with one attached hydrogen (secondary N) is 1. The fourth-order valence-electron chi connectivity index (χ4n) is 3.64. The van der Waals surface area contributed by atoms with Gasteiger partial charge in [-0.3, -0.25) is 9.71 Å². The van der Waals surface area contributed by atoms with Crippen LogP contribution in [-0.4, -0.2) is 18.5 Å². The molecule has 0 aliphatic carbocycles. The lowest BCUT2D eigenvalue weighted by Gasteiger charge is -2.15. The molecule has 0 saturated heterocycles. The van der Waals surface area contributed by atoms with Gasteiger partial charge in [0.15, 0.2) is 0 Å². The minimum absolute atomic E-state index is 0.0173. The van der Waals surface area contributed by atoms with E-state index >= 15 is 0 Å². The predicted octanol–water partition coefficient (Wildman–Crippen LogP) is 6.70. The summed E-state index contributed by atoms with van der Waals surface area (Å²) in [5.74, 6) is 0.0734. The van der Waals surface area contributed by atoms with Crippen LogP contribution in [0.2, 0.25) is 5.02 Å². The molecule has 0 bridgehead atoms. The molecule has 1 heterocycles. The molecule has 5 aromatic rings. The van der Waals surface area contributed by atoms with Crippen LogP contribution in [-0.2, 0) is 10.0 Å². The molecule has 5 rings (SSSR count). The number of anilines is 1. The molecule has 0 aliphatic heterocycles. The maximum atomic E-state index is 13.1. The molecular weight excluding hydrogens is 476 g/mol. The van der Waals surface area contributed by atoms with Crippen molar-refractivity contribution in [3.05, 3.63) is 96.1 Å². The van der Waals surface area contributed by atoms with Crippen LogP contribution in [0.15, 0.2) is 106 Å². The van der Waals surface area contributed by atoms with Crippen molar-refractivity contribution in [1.29, 1.82) is 0 Å². The number of hydrogen-bond acceptors (Lipinski definition) is 5. The summed E-state index contributed by atoms with van der Waals surface area (Å²) in [5, 5.41) is 13.2. The number of hydrogen-bond donors (Lipinski definition) is 2. The number of halogens is 1. The molecule has 0 spiro atoms. The highest BCUT2D eigenvalue weighted by Crippen LogP contribution is 2.44. The Balaban J connectivity index is 1.64. The summed E-state index contributed by atoms with van der Waals surface area (Å²) in [6.45, 7) is 0. The van der Waals surface area contributed by atoms with E-state index in [1.807, 2.05) is 30.3 Å². The summed E-state index contributed by atoms with van der Waals surface area (Å²) in [7, 11) is -3.96. The molecular formula is C25H17ClN2O3S2. The largest absolute Gasteiger partial charge is 0.506 e. The molecule has 8 heteroatoms. The third-order valence-electron chi connectivity index (χ3n) is 5.17. The van der Waals surface area contributed by atoms with Crippen LogP contribution >= 0.6 is 23.4 Å². The van der Waals surface area contributed by atoms with Gasteiger partial charge in [0.1, 0.15) is 10.6 Å². The van der Waals surface area contributed by atoms with E-state index in [1.54, 1.807) is 48.7 Å². The van der Waals surface area contributed by atoms with Gasteiger partial charge in [-0.15, -0.1) is 0 Å². The Kier molecular flexibility index (Phi) is 5.62. The molecule has 0 unspecified atom stereocenters. The van der Waals surface area contributed by atoms with Crippen LogP contribution < -0.4 is 4.72 Å². The Morgan fingerprint density at radius 3 is 2.39 bits per heavy atom. The Hall–Kier alpha value is -3.26. The zero-order chi connectivity index (χ0) is 23.0. The molecule has 0 atom stereocenters. The zero-order valence-electron chi connectivity index (χ0n) is 17.1. The van der Waals surface area contributed by atoms with E-state index in [2.05, 4.69) is 9.71 Å². The van der Waals surface area contributed by atoms with Crippen molar-refractivity contribution >= 4 is 60.7 Å². The summed E-state index contributed by atoms with van der Waals surface area (Å²) in [4.78, 5) is 5.80.